The predicted molar refractivity (Wildman–Crippen MR) is 152 cm³/mol. The van der Waals surface area contributed by atoms with Crippen LogP contribution in [0, 0.1) is 0 Å². The second-order valence-electron chi connectivity index (χ2n) is 8.62. The van der Waals surface area contributed by atoms with Crippen molar-refractivity contribution in [3.63, 3.8) is 0 Å². The Bertz CT molecular complexity index is 984. The zero-order valence-corrected chi connectivity index (χ0v) is 21.5. The van der Waals surface area contributed by atoms with E-state index in [1.165, 1.54) is 48.4 Å². The molecule has 0 aliphatic carbocycles. The maximum atomic E-state index is 2.40. The van der Waals surface area contributed by atoms with Crippen LogP contribution in [0.1, 0.15) is 26.2 Å². The van der Waals surface area contributed by atoms with Crippen LogP contribution < -0.4 is 21.2 Å². The third kappa shape index (κ3) is 6.00. The Balaban J connectivity index is 1.65. The van der Waals surface area contributed by atoms with Crippen LogP contribution in [0.2, 0.25) is 0 Å². The fraction of sp³-hybridized carbons (Fsp3) is 0.226. The van der Waals surface area contributed by atoms with Crippen molar-refractivity contribution in [2.75, 3.05) is 18.5 Å². The van der Waals surface area contributed by atoms with Crippen LogP contribution in [0.5, 0.6) is 0 Å². The fourth-order valence-electron chi connectivity index (χ4n) is 4.75. The zero-order chi connectivity index (χ0) is 22.8. The van der Waals surface area contributed by atoms with Gasteiger partial charge in [0.05, 0.1) is 30.2 Å². The molecule has 2 heteroatoms. The highest BCUT2D eigenvalue weighted by molar-refractivity contribution is 7.89. The van der Waals surface area contributed by atoms with E-state index in [-0.39, 0.29) is 7.92 Å². The summed E-state index contributed by atoms with van der Waals surface area (Å²) in [5.74, 6) is 0. The van der Waals surface area contributed by atoms with Crippen molar-refractivity contribution < 1.29 is 0 Å². The normalized spacial score (nSPS) is 11.6. The van der Waals surface area contributed by atoms with E-state index in [0.717, 1.165) is 0 Å². The maximum Gasteiger partial charge on any atom is 0.0991 e. The largest absolute Gasteiger partial charge is 0.0991 e. The summed E-state index contributed by atoms with van der Waals surface area (Å²) in [6.45, 7) is 2.33. The third-order valence-corrected chi connectivity index (χ3v) is 13.8. The van der Waals surface area contributed by atoms with Gasteiger partial charge in [0.1, 0.15) is 0 Å². The molecule has 4 aromatic rings. The first-order valence-electron chi connectivity index (χ1n) is 12.2. The highest BCUT2D eigenvalue weighted by Crippen LogP contribution is 2.58. The van der Waals surface area contributed by atoms with E-state index in [1.54, 1.807) is 10.6 Å². The molecule has 0 atom stereocenters. The quantitative estimate of drug-likeness (QED) is 0.208. The molecule has 0 aliphatic heterocycles. The molecule has 0 nitrogen and oxygen atoms in total. The molecule has 0 radical (unpaired) electrons. The van der Waals surface area contributed by atoms with Crippen molar-refractivity contribution in [2.24, 2.45) is 0 Å². The summed E-state index contributed by atoms with van der Waals surface area (Å²) in [5.41, 5.74) is 0. The van der Waals surface area contributed by atoms with Gasteiger partial charge in [0.15, 0.2) is 0 Å². The molecule has 0 fully saturated rings. The third-order valence-electron chi connectivity index (χ3n) is 6.45. The summed E-state index contributed by atoms with van der Waals surface area (Å²) in [5, 5.41) is 6.15. The van der Waals surface area contributed by atoms with Gasteiger partial charge in [-0.25, -0.2) is 0 Å². The van der Waals surface area contributed by atoms with Gasteiger partial charge in [0.25, 0.3) is 0 Å². The highest BCUT2D eigenvalue weighted by Gasteiger charge is 2.41. The van der Waals surface area contributed by atoms with Gasteiger partial charge in [0.2, 0.25) is 0 Å². The minimum absolute atomic E-state index is 0.337. The van der Waals surface area contributed by atoms with Crippen LogP contribution in [0.3, 0.4) is 0 Å². The van der Waals surface area contributed by atoms with Crippen LogP contribution in [0.25, 0.3) is 0 Å². The molecule has 0 amide bonds. The Morgan fingerprint density at radius 1 is 0.515 bits per heavy atom. The second-order valence-corrected chi connectivity index (χ2v) is 14.8. The lowest BCUT2D eigenvalue weighted by Gasteiger charge is -2.29. The molecule has 0 saturated heterocycles. The van der Waals surface area contributed by atoms with Gasteiger partial charge in [-0.15, -0.1) is 0 Å². The van der Waals surface area contributed by atoms with Crippen LogP contribution in [-0.2, 0) is 0 Å². The number of rotatable bonds is 11. The molecule has 0 bridgehead atoms. The lowest BCUT2D eigenvalue weighted by molar-refractivity contribution is 0.887. The van der Waals surface area contributed by atoms with Crippen LogP contribution >= 0.6 is 15.2 Å². The van der Waals surface area contributed by atoms with E-state index in [1.807, 2.05) is 0 Å². The van der Waals surface area contributed by atoms with Crippen molar-refractivity contribution in [1.82, 2.24) is 0 Å². The average Bonchev–Trinajstić information content (AvgIpc) is 2.90. The van der Waals surface area contributed by atoms with Crippen molar-refractivity contribution in [3.05, 3.63) is 121 Å². The summed E-state index contributed by atoms with van der Waals surface area (Å²) in [6.07, 6.45) is 7.66. The first-order valence-corrected chi connectivity index (χ1v) is 15.9. The number of hydrogen-bond donors (Lipinski definition) is 0. The van der Waals surface area contributed by atoms with Crippen LogP contribution in [0.15, 0.2) is 121 Å². The molecular formula is C31H35P2+. The van der Waals surface area contributed by atoms with E-state index in [2.05, 4.69) is 128 Å². The van der Waals surface area contributed by atoms with Gasteiger partial charge in [-0.3, -0.25) is 0 Å². The lowest BCUT2D eigenvalue weighted by Crippen LogP contribution is -2.28. The second kappa shape index (κ2) is 12.3. The number of unbranched alkanes of at least 4 members (excludes halogenated alkanes) is 1. The molecule has 0 aliphatic rings. The Morgan fingerprint density at radius 2 is 0.909 bits per heavy atom. The van der Waals surface area contributed by atoms with Gasteiger partial charge < -0.3 is 0 Å². The molecule has 0 aromatic heterocycles. The topological polar surface area (TPSA) is 0 Å². The molecule has 168 valence electrons. The smallest absolute Gasteiger partial charge is 0.0652 e. The molecule has 0 unspecified atom stereocenters. The van der Waals surface area contributed by atoms with Gasteiger partial charge in [0, 0.05) is 0 Å². The number of hydrogen-bond acceptors (Lipinski definition) is 0. The van der Waals surface area contributed by atoms with Gasteiger partial charge >= 0.3 is 0 Å². The van der Waals surface area contributed by atoms with E-state index >= 15 is 0 Å². The zero-order valence-electron chi connectivity index (χ0n) is 19.7. The molecule has 0 N–H and O–H groups in total. The molecule has 0 spiro atoms. The SMILES string of the molecule is CCCC[P+](CCCP(c1ccccc1)c1ccccc1)(c1ccccc1)c1ccccc1. The summed E-state index contributed by atoms with van der Waals surface area (Å²) < 4.78 is 0. The monoisotopic (exact) mass is 469 g/mol. The van der Waals surface area contributed by atoms with Crippen molar-refractivity contribution >= 4 is 36.4 Å². The van der Waals surface area contributed by atoms with Crippen molar-refractivity contribution in [3.8, 4) is 0 Å². The van der Waals surface area contributed by atoms with Crippen LogP contribution in [0.4, 0.5) is 0 Å². The Kier molecular flexibility index (Phi) is 8.88. The lowest BCUT2D eigenvalue weighted by atomic mass is 10.4. The molecule has 33 heavy (non-hydrogen) atoms. The van der Waals surface area contributed by atoms with Crippen molar-refractivity contribution in [1.29, 1.82) is 0 Å². The minimum atomic E-state index is -1.45. The predicted octanol–water partition coefficient (Wildman–Crippen LogP) is 6.98. The van der Waals surface area contributed by atoms with Crippen molar-refractivity contribution in [2.45, 2.75) is 26.2 Å². The van der Waals surface area contributed by atoms with E-state index in [0.29, 0.717) is 0 Å². The first-order chi connectivity index (χ1) is 16.3. The summed E-state index contributed by atoms with van der Waals surface area (Å²) in [7, 11) is -1.78. The molecule has 4 aromatic carbocycles. The van der Waals surface area contributed by atoms with E-state index < -0.39 is 7.26 Å². The van der Waals surface area contributed by atoms with Crippen LogP contribution in [-0.4, -0.2) is 18.5 Å². The highest BCUT2D eigenvalue weighted by atomic mass is 31.2. The summed E-state index contributed by atoms with van der Waals surface area (Å²) in [6, 6.07) is 45.2. The minimum Gasteiger partial charge on any atom is -0.0652 e. The van der Waals surface area contributed by atoms with E-state index in [9.17, 15) is 0 Å². The molecule has 0 saturated carbocycles. The van der Waals surface area contributed by atoms with Gasteiger partial charge in [-0.05, 0) is 61.8 Å². The standard InChI is InChI=1S/C31H35P2/c1-2-3-26-33(30-21-12-6-13-22-30,31-23-14-7-15-24-31)27-16-25-32(28-17-8-4-9-18-28)29-19-10-5-11-20-29/h4-15,17-24H,2-3,16,25-27H2,1H3/q+1. The Morgan fingerprint density at radius 3 is 1.33 bits per heavy atom. The average molecular weight is 470 g/mol. The van der Waals surface area contributed by atoms with E-state index in [4.69, 9.17) is 0 Å². The first kappa shape index (κ1) is 23.9. The fourth-order valence-corrected chi connectivity index (χ4v) is 12.0. The molecule has 4 rings (SSSR count). The summed E-state index contributed by atoms with van der Waals surface area (Å²) in [4.78, 5) is 0. The van der Waals surface area contributed by atoms with Gasteiger partial charge in [-0.2, -0.15) is 0 Å². The van der Waals surface area contributed by atoms with Gasteiger partial charge in [-0.1, -0.05) is 110 Å². The summed E-state index contributed by atoms with van der Waals surface area (Å²) >= 11 is 0. The number of benzene rings is 4. The Labute approximate surface area is 202 Å². The Hall–Kier alpha value is -2.26. The molecular weight excluding hydrogens is 434 g/mol. The molecule has 0 heterocycles. The maximum absolute atomic E-state index is 2.40.